The molecule has 0 spiro atoms. The Kier molecular flexibility index (Phi) is 5.10. The summed E-state index contributed by atoms with van der Waals surface area (Å²) < 4.78 is 2.05. The van der Waals surface area contributed by atoms with Gasteiger partial charge in [-0.2, -0.15) is 0 Å². The van der Waals surface area contributed by atoms with Crippen molar-refractivity contribution in [2.45, 2.75) is 27.7 Å². The van der Waals surface area contributed by atoms with Gasteiger partial charge < -0.3 is 4.57 Å². The van der Waals surface area contributed by atoms with E-state index in [1.165, 1.54) is 0 Å². The maximum atomic E-state index is 12.4. The molecule has 3 aromatic rings. The van der Waals surface area contributed by atoms with Gasteiger partial charge in [-0.05, 0) is 18.2 Å². The van der Waals surface area contributed by atoms with Crippen LogP contribution in [0.4, 0.5) is 0 Å². The molecule has 114 valence electrons. The summed E-state index contributed by atoms with van der Waals surface area (Å²) in [6.07, 6.45) is 5.45. The molecule has 0 atom stereocenters. The Morgan fingerprint density at radius 1 is 1.05 bits per heavy atom. The minimum absolute atomic E-state index is 0.00769. The SMILES string of the molecule is CC.CC(C)C(=O)c1cn(-c2ccncc2)c2ccccc12. The number of carbonyl (C=O) groups is 1. The Hall–Kier alpha value is -2.42. The fraction of sp³-hybridized carbons (Fsp3) is 0.263. The van der Waals surface area contributed by atoms with Gasteiger partial charge in [-0.25, -0.2) is 0 Å². The van der Waals surface area contributed by atoms with Crippen molar-refractivity contribution in [2.75, 3.05) is 0 Å². The summed E-state index contributed by atoms with van der Waals surface area (Å²) in [7, 11) is 0. The first-order chi connectivity index (χ1) is 10.7. The molecule has 22 heavy (non-hydrogen) atoms. The van der Waals surface area contributed by atoms with E-state index >= 15 is 0 Å². The van der Waals surface area contributed by atoms with Crippen LogP contribution in [0.1, 0.15) is 38.1 Å². The van der Waals surface area contributed by atoms with Gasteiger partial charge in [0.05, 0.1) is 5.52 Å². The lowest BCUT2D eigenvalue weighted by atomic mass is 10.0. The molecule has 0 aliphatic carbocycles. The molecule has 0 amide bonds. The summed E-state index contributed by atoms with van der Waals surface area (Å²) in [5, 5.41) is 1.00. The third-order valence-electron chi connectivity index (χ3n) is 3.44. The first-order valence-corrected chi connectivity index (χ1v) is 7.73. The number of hydrogen-bond donors (Lipinski definition) is 0. The quantitative estimate of drug-likeness (QED) is 0.645. The smallest absolute Gasteiger partial charge is 0.167 e. The second kappa shape index (κ2) is 7.03. The van der Waals surface area contributed by atoms with Gasteiger partial charge in [-0.3, -0.25) is 9.78 Å². The third-order valence-corrected chi connectivity index (χ3v) is 3.44. The van der Waals surface area contributed by atoms with Crippen LogP contribution in [0.15, 0.2) is 55.0 Å². The molecule has 3 nitrogen and oxygen atoms in total. The lowest BCUT2D eigenvalue weighted by Crippen LogP contribution is -2.06. The number of rotatable bonds is 3. The Morgan fingerprint density at radius 2 is 1.68 bits per heavy atom. The zero-order chi connectivity index (χ0) is 16.1. The molecule has 0 saturated heterocycles. The van der Waals surface area contributed by atoms with E-state index in [1.54, 1.807) is 12.4 Å². The molecule has 1 aromatic carbocycles. The summed E-state index contributed by atoms with van der Waals surface area (Å²) in [5.41, 5.74) is 2.84. The number of aromatic nitrogens is 2. The van der Waals surface area contributed by atoms with Crippen LogP contribution in [-0.2, 0) is 0 Å². The number of benzene rings is 1. The molecule has 0 fully saturated rings. The van der Waals surface area contributed by atoms with Gasteiger partial charge in [0, 0.05) is 41.1 Å². The summed E-state index contributed by atoms with van der Waals surface area (Å²) in [4.78, 5) is 16.4. The van der Waals surface area contributed by atoms with Crippen molar-refractivity contribution in [1.29, 1.82) is 0 Å². The summed E-state index contributed by atoms with van der Waals surface area (Å²) in [6.45, 7) is 7.86. The van der Waals surface area contributed by atoms with Crippen molar-refractivity contribution in [3.05, 3.63) is 60.6 Å². The fourth-order valence-corrected chi connectivity index (χ4v) is 2.41. The molecule has 0 unspecified atom stereocenters. The molecule has 3 rings (SSSR count). The number of ketones is 1. The predicted molar refractivity (Wildman–Crippen MR) is 91.6 cm³/mol. The number of carbonyl (C=O) groups excluding carboxylic acids is 1. The number of fused-ring (bicyclic) bond motifs is 1. The van der Waals surface area contributed by atoms with E-state index in [-0.39, 0.29) is 11.7 Å². The van der Waals surface area contributed by atoms with Crippen LogP contribution >= 0.6 is 0 Å². The van der Waals surface area contributed by atoms with E-state index in [0.717, 1.165) is 22.2 Å². The Morgan fingerprint density at radius 3 is 2.32 bits per heavy atom. The molecule has 0 bridgehead atoms. The van der Waals surface area contributed by atoms with Crippen molar-refractivity contribution in [1.82, 2.24) is 9.55 Å². The molecule has 3 heteroatoms. The highest BCUT2D eigenvalue weighted by Gasteiger charge is 2.17. The highest BCUT2D eigenvalue weighted by atomic mass is 16.1. The maximum Gasteiger partial charge on any atom is 0.167 e. The van der Waals surface area contributed by atoms with E-state index in [2.05, 4.69) is 4.98 Å². The van der Waals surface area contributed by atoms with E-state index in [1.807, 2.05) is 74.9 Å². The molecule has 0 aliphatic heterocycles. The van der Waals surface area contributed by atoms with Crippen molar-refractivity contribution < 1.29 is 4.79 Å². The standard InChI is InChI=1S/C17H16N2O.C2H6/c1-12(2)17(20)15-11-19(13-7-9-18-10-8-13)16-6-4-3-5-14(15)16;1-2/h3-12H,1-2H3;1-2H3. The van der Waals surface area contributed by atoms with Crippen LogP contribution in [0, 0.1) is 5.92 Å². The van der Waals surface area contributed by atoms with E-state index in [4.69, 9.17) is 0 Å². The van der Waals surface area contributed by atoms with Gasteiger partial charge in [0.2, 0.25) is 0 Å². The maximum absolute atomic E-state index is 12.4. The van der Waals surface area contributed by atoms with Crippen molar-refractivity contribution in [3.8, 4) is 5.69 Å². The molecule has 0 saturated carbocycles. The van der Waals surface area contributed by atoms with E-state index in [0.29, 0.717) is 0 Å². The van der Waals surface area contributed by atoms with Crippen molar-refractivity contribution >= 4 is 16.7 Å². The average molecular weight is 294 g/mol. The number of para-hydroxylation sites is 1. The topological polar surface area (TPSA) is 34.9 Å². The second-order valence-electron chi connectivity index (χ2n) is 5.15. The minimum Gasteiger partial charge on any atom is -0.316 e. The zero-order valence-corrected chi connectivity index (χ0v) is 13.6. The highest BCUT2D eigenvalue weighted by molar-refractivity contribution is 6.09. The van der Waals surface area contributed by atoms with E-state index in [9.17, 15) is 4.79 Å². The van der Waals surface area contributed by atoms with Gasteiger partial charge >= 0.3 is 0 Å². The number of hydrogen-bond acceptors (Lipinski definition) is 2. The number of pyridine rings is 1. The number of Topliss-reactive ketones (excluding diaryl/α,β-unsaturated/α-hetero) is 1. The average Bonchev–Trinajstić information content (AvgIpc) is 2.96. The van der Waals surface area contributed by atoms with Crippen molar-refractivity contribution in [2.24, 2.45) is 5.92 Å². The molecule has 0 radical (unpaired) electrons. The minimum atomic E-state index is -0.00769. The molecule has 0 aliphatic rings. The van der Waals surface area contributed by atoms with Crippen LogP contribution in [0.25, 0.3) is 16.6 Å². The van der Waals surface area contributed by atoms with Gasteiger partial charge in [0.25, 0.3) is 0 Å². The highest BCUT2D eigenvalue weighted by Crippen LogP contribution is 2.26. The second-order valence-corrected chi connectivity index (χ2v) is 5.15. The largest absolute Gasteiger partial charge is 0.316 e. The molecule has 2 aromatic heterocycles. The van der Waals surface area contributed by atoms with Crippen LogP contribution in [0.5, 0.6) is 0 Å². The van der Waals surface area contributed by atoms with Gasteiger partial charge in [0.1, 0.15) is 0 Å². The Bertz CT molecular complexity index is 757. The lowest BCUT2D eigenvalue weighted by molar-refractivity contribution is 0.0941. The van der Waals surface area contributed by atoms with Crippen molar-refractivity contribution in [3.63, 3.8) is 0 Å². The molecular weight excluding hydrogens is 272 g/mol. The summed E-state index contributed by atoms with van der Waals surface area (Å²) in [5.74, 6) is 0.167. The monoisotopic (exact) mass is 294 g/mol. The summed E-state index contributed by atoms with van der Waals surface area (Å²) in [6, 6.07) is 11.9. The van der Waals surface area contributed by atoms with Gasteiger partial charge in [-0.1, -0.05) is 45.9 Å². The normalized spacial score (nSPS) is 10.4. The molecular formula is C19H22N2O. The zero-order valence-electron chi connectivity index (χ0n) is 13.6. The first kappa shape index (κ1) is 16.0. The number of nitrogens with zero attached hydrogens (tertiary/aromatic N) is 2. The fourth-order valence-electron chi connectivity index (χ4n) is 2.41. The lowest BCUT2D eigenvalue weighted by Gasteiger charge is -2.03. The van der Waals surface area contributed by atoms with Crippen LogP contribution in [0.3, 0.4) is 0 Å². The van der Waals surface area contributed by atoms with Crippen LogP contribution in [-0.4, -0.2) is 15.3 Å². The van der Waals surface area contributed by atoms with Crippen LogP contribution < -0.4 is 0 Å². The van der Waals surface area contributed by atoms with E-state index < -0.39 is 0 Å². The van der Waals surface area contributed by atoms with Crippen LogP contribution in [0.2, 0.25) is 0 Å². The van der Waals surface area contributed by atoms with Gasteiger partial charge in [-0.15, -0.1) is 0 Å². The Labute approximate surface area is 131 Å². The third kappa shape index (κ3) is 2.93. The predicted octanol–water partition coefficient (Wildman–Crippen LogP) is 4.89. The first-order valence-electron chi connectivity index (χ1n) is 7.73. The molecule has 2 heterocycles. The Balaban J connectivity index is 0.000000847. The molecule has 0 N–H and O–H groups in total. The van der Waals surface area contributed by atoms with Gasteiger partial charge in [0.15, 0.2) is 5.78 Å². The summed E-state index contributed by atoms with van der Waals surface area (Å²) >= 11 is 0.